The van der Waals surface area contributed by atoms with Crippen molar-refractivity contribution in [3.05, 3.63) is 29.8 Å². The summed E-state index contributed by atoms with van der Waals surface area (Å²) in [5, 5.41) is 3.41. The van der Waals surface area contributed by atoms with Crippen molar-refractivity contribution in [3.63, 3.8) is 0 Å². The van der Waals surface area contributed by atoms with Crippen LogP contribution in [0.4, 0.5) is 0 Å². The van der Waals surface area contributed by atoms with Gasteiger partial charge in [0.2, 0.25) is 0 Å². The normalized spacial score (nSPS) is 12.4. The fourth-order valence-electron chi connectivity index (χ4n) is 1.60. The van der Waals surface area contributed by atoms with E-state index >= 15 is 0 Å². The molecule has 18 heavy (non-hydrogen) atoms. The lowest BCUT2D eigenvalue weighted by atomic mass is 10.1. The molecule has 0 spiro atoms. The summed E-state index contributed by atoms with van der Waals surface area (Å²) >= 11 is 0. The zero-order valence-electron chi connectivity index (χ0n) is 11.4. The highest BCUT2D eigenvalue weighted by Crippen LogP contribution is 2.16. The number of nitrogens with one attached hydrogen (secondary N) is 1. The number of ether oxygens (including phenoxy) is 3. The fourth-order valence-corrected chi connectivity index (χ4v) is 1.60. The molecule has 1 atom stereocenters. The molecule has 1 N–H and O–H groups in total. The Morgan fingerprint density at radius 1 is 1.06 bits per heavy atom. The van der Waals surface area contributed by atoms with Crippen LogP contribution in [0.15, 0.2) is 24.3 Å². The molecule has 0 fully saturated rings. The highest BCUT2D eigenvalue weighted by molar-refractivity contribution is 5.28. The summed E-state index contributed by atoms with van der Waals surface area (Å²) in [6.45, 7) is 4.96. The molecule has 0 aromatic heterocycles. The minimum Gasteiger partial charge on any atom is -0.497 e. The zero-order valence-corrected chi connectivity index (χ0v) is 11.4. The molecule has 102 valence electrons. The molecule has 0 heterocycles. The molecular formula is C14H23NO3. The van der Waals surface area contributed by atoms with Gasteiger partial charge in [-0.05, 0) is 24.6 Å². The van der Waals surface area contributed by atoms with E-state index in [4.69, 9.17) is 14.2 Å². The van der Waals surface area contributed by atoms with Gasteiger partial charge >= 0.3 is 0 Å². The Bertz CT molecular complexity index is 313. The monoisotopic (exact) mass is 253 g/mol. The number of methoxy groups -OCH3 is 2. The molecule has 4 heteroatoms. The summed E-state index contributed by atoms with van der Waals surface area (Å²) in [7, 11) is 3.35. The average molecular weight is 253 g/mol. The van der Waals surface area contributed by atoms with Gasteiger partial charge < -0.3 is 19.5 Å². The van der Waals surface area contributed by atoms with Crippen LogP contribution in [-0.2, 0) is 9.47 Å². The van der Waals surface area contributed by atoms with E-state index in [2.05, 4.69) is 24.4 Å². The number of hydrogen-bond acceptors (Lipinski definition) is 4. The van der Waals surface area contributed by atoms with Gasteiger partial charge in [-0.25, -0.2) is 0 Å². The molecule has 0 aliphatic rings. The minimum atomic E-state index is 0.307. The van der Waals surface area contributed by atoms with E-state index in [1.165, 1.54) is 5.56 Å². The lowest BCUT2D eigenvalue weighted by Crippen LogP contribution is -2.23. The molecule has 0 saturated heterocycles. The molecule has 0 aliphatic heterocycles. The second kappa shape index (κ2) is 8.91. The first kappa shape index (κ1) is 15.0. The zero-order chi connectivity index (χ0) is 13.2. The van der Waals surface area contributed by atoms with Crippen LogP contribution in [0.25, 0.3) is 0 Å². The third-order valence-corrected chi connectivity index (χ3v) is 2.74. The summed E-state index contributed by atoms with van der Waals surface area (Å²) in [6, 6.07) is 8.40. The minimum absolute atomic E-state index is 0.307. The van der Waals surface area contributed by atoms with E-state index in [-0.39, 0.29) is 0 Å². The number of benzene rings is 1. The summed E-state index contributed by atoms with van der Waals surface area (Å²) in [6.07, 6.45) is 0. The van der Waals surface area contributed by atoms with E-state index in [0.29, 0.717) is 25.9 Å². The number of rotatable bonds is 9. The van der Waals surface area contributed by atoms with Gasteiger partial charge in [-0.3, -0.25) is 0 Å². The van der Waals surface area contributed by atoms with Crippen molar-refractivity contribution in [1.82, 2.24) is 5.32 Å². The van der Waals surface area contributed by atoms with Crippen LogP contribution in [0.2, 0.25) is 0 Å². The molecule has 0 unspecified atom stereocenters. The van der Waals surface area contributed by atoms with Crippen LogP contribution < -0.4 is 10.1 Å². The lowest BCUT2D eigenvalue weighted by molar-refractivity contribution is 0.0712. The van der Waals surface area contributed by atoms with Gasteiger partial charge in [-0.1, -0.05) is 12.1 Å². The van der Waals surface area contributed by atoms with Crippen LogP contribution >= 0.6 is 0 Å². The molecule has 4 nitrogen and oxygen atoms in total. The first-order chi connectivity index (χ1) is 8.77. The summed E-state index contributed by atoms with van der Waals surface area (Å²) in [5.41, 5.74) is 1.24. The van der Waals surface area contributed by atoms with Crippen molar-refractivity contribution in [1.29, 1.82) is 0 Å². The van der Waals surface area contributed by atoms with Crippen molar-refractivity contribution >= 4 is 0 Å². The Kier molecular flexibility index (Phi) is 7.41. The van der Waals surface area contributed by atoms with E-state index in [9.17, 15) is 0 Å². The Labute approximate surface area is 109 Å². The van der Waals surface area contributed by atoms with Gasteiger partial charge in [0.15, 0.2) is 0 Å². The third kappa shape index (κ3) is 5.49. The SMILES string of the molecule is COCCOCCN[C@H](C)c1ccc(OC)cc1. The molecule has 0 amide bonds. The predicted octanol–water partition coefficient (Wildman–Crippen LogP) is 2.01. The standard InChI is InChI=1S/C14H23NO3/c1-12(15-8-9-18-11-10-16-2)13-4-6-14(17-3)7-5-13/h4-7,12,15H,8-11H2,1-3H3/t12-/m1/s1. The first-order valence-corrected chi connectivity index (χ1v) is 6.22. The Balaban J connectivity index is 2.21. The second-order valence-electron chi connectivity index (χ2n) is 4.05. The highest BCUT2D eigenvalue weighted by atomic mass is 16.5. The van der Waals surface area contributed by atoms with Gasteiger partial charge in [0, 0.05) is 19.7 Å². The molecule has 0 saturated carbocycles. The van der Waals surface area contributed by atoms with E-state index in [1.54, 1.807) is 14.2 Å². The summed E-state index contributed by atoms with van der Waals surface area (Å²) < 4.78 is 15.4. The summed E-state index contributed by atoms with van der Waals surface area (Å²) in [5.74, 6) is 0.883. The van der Waals surface area contributed by atoms with E-state index in [1.807, 2.05) is 12.1 Å². The van der Waals surface area contributed by atoms with Gasteiger partial charge in [0.1, 0.15) is 5.75 Å². The molecule has 0 aliphatic carbocycles. The predicted molar refractivity (Wildman–Crippen MR) is 72.1 cm³/mol. The third-order valence-electron chi connectivity index (χ3n) is 2.74. The largest absolute Gasteiger partial charge is 0.497 e. The topological polar surface area (TPSA) is 39.7 Å². The molecule has 0 radical (unpaired) electrons. The van der Waals surface area contributed by atoms with Crippen LogP contribution in [0.5, 0.6) is 5.75 Å². The molecule has 1 aromatic rings. The van der Waals surface area contributed by atoms with Gasteiger partial charge in [-0.15, -0.1) is 0 Å². The molecule has 1 rings (SSSR count). The van der Waals surface area contributed by atoms with Gasteiger partial charge in [0.25, 0.3) is 0 Å². The second-order valence-corrected chi connectivity index (χ2v) is 4.05. The Morgan fingerprint density at radius 2 is 1.78 bits per heavy atom. The van der Waals surface area contributed by atoms with Crippen molar-refractivity contribution in [3.8, 4) is 5.75 Å². The quantitative estimate of drug-likeness (QED) is 0.683. The van der Waals surface area contributed by atoms with Crippen molar-refractivity contribution in [2.75, 3.05) is 40.6 Å². The molecule has 0 bridgehead atoms. The lowest BCUT2D eigenvalue weighted by Gasteiger charge is -2.14. The Morgan fingerprint density at radius 3 is 2.39 bits per heavy atom. The van der Waals surface area contributed by atoms with Gasteiger partial charge in [0.05, 0.1) is 26.9 Å². The first-order valence-electron chi connectivity index (χ1n) is 6.22. The van der Waals surface area contributed by atoms with Crippen LogP contribution in [-0.4, -0.2) is 40.6 Å². The van der Waals surface area contributed by atoms with Crippen LogP contribution in [0.3, 0.4) is 0 Å². The van der Waals surface area contributed by atoms with Crippen molar-refractivity contribution in [2.24, 2.45) is 0 Å². The molecule has 1 aromatic carbocycles. The molecular weight excluding hydrogens is 230 g/mol. The Hall–Kier alpha value is -1.10. The highest BCUT2D eigenvalue weighted by Gasteiger charge is 2.04. The van der Waals surface area contributed by atoms with Crippen molar-refractivity contribution in [2.45, 2.75) is 13.0 Å². The van der Waals surface area contributed by atoms with Crippen LogP contribution in [0.1, 0.15) is 18.5 Å². The van der Waals surface area contributed by atoms with Crippen molar-refractivity contribution < 1.29 is 14.2 Å². The maximum absolute atomic E-state index is 5.39. The summed E-state index contributed by atoms with van der Waals surface area (Å²) in [4.78, 5) is 0. The average Bonchev–Trinajstić information content (AvgIpc) is 2.42. The maximum atomic E-state index is 5.39. The van der Waals surface area contributed by atoms with Crippen LogP contribution in [0, 0.1) is 0 Å². The van der Waals surface area contributed by atoms with E-state index in [0.717, 1.165) is 12.3 Å². The van der Waals surface area contributed by atoms with E-state index < -0.39 is 0 Å². The smallest absolute Gasteiger partial charge is 0.118 e. The maximum Gasteiger partial charge on any atom is 0.118 e. The number of hydrogen-bond donors (Lipinski definition) is 1. The fraction of sp³-hybridized carbons (Fsp3) is 0.571. The van der Waals surface area contributed by atoms with Gasteiger partial charge in [-0.2, -0.15) is 0 Å².